The van der Waals surface area contributed by atoms with E-state index in [0.29, 0.717) is 22.5 Å². The van der Waals surface area contributed by atoms with E-state index in [9.17, 15) is 0 Å². The van der Waals surface area contributed by atoms with Gasteiger partial charge in [-0.2, -0.15) is 10.1 Å². The SMILES string of the molecule is COc1ccc(C2C3=C(Nc4ncnn42)c2cc(C)ccc2OC3c2cccc(Cl)c2)cc1OC. The molecule has 7 nitrogen and oxygen atoms in total. The molecular formula is C27H23ClN4O3. The van der Waals surface area contributed by atoms with Crippen LogP contribution in [0.5, 0.6) is 17.2 Å². The Morgan fingerprint density at radius 1 is 0.971 bits per heavy atom. The van der Waals surface area contributed by atoms with Gasteiger partial charge in [0, 0.05) is 16.2 Å². The van der Waals surface area contributed by atoms with E-state index in [1.165, 1.54) is 0 Å². The average molecular weight is 487 g/mol. The lowest BCUT2D eigenvalue weighted by molar-refractivity contribution is 0.223. The lowest BCUT2D eigenvalue weighted by Gasteiger charge is -2.39. The maximum absolute atomic E-state index is 6.67. The van der Waals surface area contributed by atoms with E-state index in [4.69, 9.17) is 25.8 Å². The van der Waals surface area contributed by atoms with Gasteiger partial charge in [-0.3, -0.25) is 0 Å². The molecule has 0 saturated heterocycles. The first kappa shape index (κ1) is 21.6. The summed E-state index contributed by atoms with van der Waals surface area (Å²) in [5.41, 5.74) is 6.01. The zero-order valence-electron chi connectivity index (χ0n) is 19.4. The van der Waals surface area contributed by atoms with Gasteiger partial charge in [0.05, 0.1) is 19.9 Å². The predicted octanol–water partition coefficient (Wildman–Crippen LogP) is 5.82. The summed E-state index contributed by atoms with van der Waals surface area (Å²) in [4.78, 5) is 4.50. The fourth-order valence-corrected chi connectivity index (χ4v) is 5.07. The van der Waals surface area contributed by atoms with Crippen LogP contribution in [0.1, 0.15) is 34.4 Å². The zero-order valence-corrected chi connectivity index (χ0v) is 20.2. The maximum Gasteiger partial charge on any atom is 0.226 e. The number of aromatic nitrogens is 3. The maximum atomic E-state index is 6.67. The van der Waals surface area contributed by atoms with Crippen molar-refractivity contribution in [2.24, 2.45) is 0 Å². The smallest absolute Gasteiger partial charge is 0.226 e. The number of anilines is 1. The van der Waals surface area contributed by atoms with Crippen molar-refractivity contribution in [1.29, 1.82) is 0 Å². The van der Waals surface area contributed by atoms with Crippen LogP contribution < -0.4 is 19.5 Å². The Morgan fingerprint density at radius 3 is 2.63 bits per heavy atom. The third kappa shape index (κ3) is 3.51. The molecule has 35 heavy (non-hydrogen) atoms. The second kappa shape index (κ2) is 8.36. The molecule has 1 N–H and O–H groups in total. The van der Waals surface area contributed by atoms with Gasteiger partial charge in [0.1, 0.15) is 24.2 Å². The fraction of sp³-hybridized carbons (Fsp3) is 0.185. The molecule has 1 aromatic heterocycles. The van der Waals surface area contributed by atoms with Crippen LogP contribution in [0.3, 0.4) is 0 Å². The number of aryl methyl sites for hydroxylation is 1. The third-order valence-corrected chi connectivity index (χ3v) is 6.68. The van der Waals surface area contributed by atoms with Gasteiger partial charge in [-0.05, 0) is 54.4 Å². The van der Waals surface area contributed by atoms with Crippen LogP contribution in [-0.2, 0) is 0 Å². The fourth-order valence-electron chi connectivity index (χ4n) is 4.87. The standard InChI is InChI=1S/C27H23ClN4O3/c1-15-7-9-20-19(11-15)24-23(26(35-20)17-5-4-6-18(28)12-17)25(32-27(31-24)29-14-30-32)16-8-10-21(33-2)22(13-16)34-3/h4-14,25-26H,1-3H3,(H,29,30,31). The predicted molar refractivity (Wildman–Crippen MR) is 134 cm³/mol. The van der Waals surface area contributed by atoms with Crippen molar-refractivity contribution in [2.75, 3.05) is 19.5 Å². The van der Waals surface area contributed by atoms with E-state index in [0.717, 1.165) is 39.3 Å². The van der Waals surface area contributed by atoms with Crippen LogP contribution >= 0.6 is 11.6 Å². The minimum absolute atomic E-state index is 0.304. The Hall–Kier alpha value is -3.97. The summed E-state index contributed by atoms with van der Waals surface area (Å²) in [6.45, 7) is 2.07. The summed E-state index contributed by atoms with van der Waals surface area (Å²) in [5, 5.41) is 8.75. The minimum atomic E-state index is -0.401. The van der Waals surface area contributed by atoms with E-state index in [1.807, 2.05) is 53.2 Å². The van der Waals surface area contributed by atoms with Crippen molar-refractivity contribution in [3.63, 3.8) is 0 Å². The first-order chi connectivity index (χ1) is 17.1. The topological polar surface area (TPSA) is 70.4 Å². The highest BCUT2D eigenvalue weighted by Crippen LogP contribution is 2.51. The molecule has 0 spiro atoms. The van der Waals surface area contributed by atoms with Gasteiger partial charge >= 0.3 is 0 Å². The molecule has 0 aliphatic carbocycles. The number of fused-ring (bicyclic) bond motifs is 3. The Labute approximate surface area is 207 Å². The van der Waals surface area contributed by atoms with Crippen molar-refractivity contribution in [3.05, 3.63) is 99.8 Å². The largest absolute Gasteiger partial charge is 0.493 e. The Morgan fingerprint density at radius 2 is 1.83 bits per heavy atom. The normalized spacial score (nSPS) is 18.1. The zero-order chi connectivity index (χ0) is 24.1. The van der Waals surface area contributed by atoms with Crippen LogP contribution in [-0.4, -0.2) is 29.0 Å². The van der Waals surface area contributed by atoms with Crippen molar-refractivity contribution in [3.8, 4) is 17.2 Å². The van der Waals surface area contributed by atoms with E-state index < -0.39 is 6.10 Å². The number of ether oxygens (including phenoxy) is 3. The molecule has 2 unspecified atom stereocenters. The number of hydrogen-bond donors (Lipinski definition) is 1. The summed E-state index contributed by atoms with van der Waals surface area (Å²) in [5.74, 6) is 2.75. The molecule has 4 aromatic rings. The van der Waals surface area contributed by atoms with Gasteiger partial charge < -0.3 is 19.5 Å². The van der Waals surface area contributed by atoms with Gasteiger partial charge in [-0.1, -0.05) is 41.4 Å². The van der Waals surface area contributed by atoms with Crippen LogP contribution in [0.25, 0.3) is 5.70 Å². The monoisotopic (exact) mass is 486 g/mol. The summed E-state index contributed by atoms with van der Waals surface area (Å²) in [7, 11) is 3.26. The average Bonchev–Trinajstić information content (AvgIpc) is 3.35. The summed E-state index contributed by atoms with van der Waals surface area (Å²) < 4.78 is 19.6. The second-order valence-electron chi connectivity index (χ2n) is 8.55. The number of hydrogen-bond acceptors (Lipinski definition) is 6. The van der Waals surface area contributed by atoms with Crippen molar-refractivity contribution in [1.82, 2.24) is 14.8 Å². The summed E-state index contributed by atoms with van der Waals surface area (Å²) >= 11 is 6.40. The molecular weight excluding hydrogens is 464 g/mol. The molecule has 0 bridgehead atoms. The molecule has 2 atom stereocenters. The van der Waals surface area contributed by atoms with Crippen molar-refractivity contribution >= 4 is 23.2 Å². The third-order valence-electron chi connectivity index (χ3n) is 6.44. The summed E-state index contributed by atoms with van der Waals surface area (Å²) in [6, 6.07) is 19.6. The van der Waals surface area contributed by atoms with Crippen LogP contribution in [0, 0.1) is 6.92 Å². The van der Waals surface area contributed by atoms with Crippen LogP contribution in [0.4, 0.5) is 5.95 Å². The van der Waals surface area contributed by atoms with Crippen LogP contribution in [0.2, 0.25) is 5.02 Å². The molecule has 0 saturated carbocycles. The number of methoxy groups -OCH3 is 2. The van der Waals surface area contributed by atoms with E-state index >= 15 is 0 Å². The number of halogens is 1. The molecule has 2 aliphatic rings. The molecule has 3 heterocycles. The summed E-state index contributed by atoms with van der Waals surface area (Å²) in [6.07, 6.45) is 1.16. The van der Waals surface area contributed by atoms with E-state index in [1.54, 1.807) is 20.5 Å². The first-order valence-corrected chi connectivity index (χ1v) is 11.6. The van der Waals surface area contributed by atoms with Crippen molar-refractivity contribution in [2.45, 2.75) is 19.1 Å². The second-order valence-corrected chi connectivity index (χ2v) is 8.99. The number of nitrogens with one attached hydrogen (secondary N) is 1. The lowest BCUT2D eigenvalue weighted by atomic mass is 9.84. The van der Waals surface area contributed by atoms with Crippen LogP contribution in [0.15, 0.2) is 72.6 Å². The molecule has 8 heteroatoms. The molecule has 0 fully saturated rings. The molecule has 2 aliphatic heterocycles. The van der Waals surface area contributed by atoms with Crippen molar-refractivity contribution < 1.29 is 14.2 Å². The molecule has 6 rings (SSSR count). The minimum Gasteiger partial charge on any atom is -0.493 e. The highest BCUT2D eigenvalue weighted by molar-refractivity contribution is 6.30. The molecule has 176 valence electrons. The Bertz CT molecular complexity index is 1480. The van der Waals surface area contributed by atoms with Gasteiger partial charge in [0.25, 0.3) is 0 Å². The molecule has 0 radical (unpaired) electrons. The van der Waals surface area contributed by atoms with Gasteiger partial charge in [0.2, 0.25) is 5.95 Å². The van der Waals surface area contributed by atoms with E-state index in [2.05, 4.69) is 34.5 Å². The van der Waals surface area contributed by atoms with Gasteiger partial charge in [0.15, 0.2) is 11.5 Å². The quantitative estimate of drug-likeness (QED) is 0.392. The highest BCUT2D eigenvalue weighted by atomic mass is 35.5. The van der Waals surface area contributed by atoms with Gasteiger partial charge in [-0.25, -0.2) is 4.68 Å². The highest BCUT2D eigenvalue weighted by Gasteiger charge is 2.41. The number of benzene rings is 3. The molecule has 3 aromatic carbocycles. The Balaban J connectivity index is 1.63. The lowest BCUT2D eigenvalue weighted by Crippen LogP contribution is -2.32. The number of rotatable bonds is 4. The van der Waals surface area contributed by atoms with Gasteiger partial charge in [-0.15, -0.1) is 0 Å². The first-order valence-electron chi connectivity index (χ1n) is 11.2. The molecule has 0 amide bonds. The Kier molecular flexibility index (Phi) is 5.15. The van der Waals surface area contributed by atoms with E-state index in [-0.39, 0.29) is 6.04 Å². The number of nitrogens with zero attached hydrogens (tertiary/aromatic N) is 3.